The van der Waals surface area contributed by atoms with Gasteiger partial charge < -0.3 is 28.6 Å². The smallest absolute Gasteiger partial charge is 0.410 e. The van der Waals surface area contributed by atoms with Crippen molar-refractivity contribution in [1.29, 1.82) is 0 Å². The van der Waals surface area contributed by atoms with E-state index in [1.54, 1.807) is 7.05 Å². The van der Waals surface area contributed by atoms with E-state index in [0.29, 0.717) is 52.8 Å². The molecule has 0 spiro atoms. The Hall–Kier alpha value is -0.890. The summed E-state index contributed by atoms with van der Waals surface area (Å²) in [6, 6.07) is 0. The lowest BCUT2D eigenvalue weighted by Crippen LogP contribution is -2.36. The first-order valence-electron chi connectivity index (χ1n) is 10.1. The zero-order chi connectivity index (χ0) is 20.4. The van der Waals surface area contributed by atoms with Gasteiger partial charge in [0.25, 0.3) is 0 Å². The fourth-order valence-corrected chi connectivity index (χ4v) is 2.03. The summed E-state index contributed by atoms with van der Waals surface area (Å²) in [5, 5.41) is 0. The van der Waals surface area contributed by atoms with Gasteiger partial charge in [-0.2, -0.15) is 0 Å². The molecule has 0 bridgehead atoms. The Morgan fingerprint density at radius 1 is 0.741 bits per heavy atom. The minimum atomic E-state index is -0.483. The Bertz CT molecular complexity index is 346. The van der Waals surface area contributed by atoms with E-state index in [2.05, 4.69) is 6.92 Å². The van der Waals surface area contributed by atoms with E-state index in [1.165, 1.54) is 24.2 Å². The molecule has 0 heterocycles. The first-order chi connectivity index (χ1) is 12.9. The lowest BCUT2D eigenvalue weighted by Gasteiger charge is -2.24. The number of amides is 1. The third kappa shape index (κ3) is 19.7. The summed E-state index contributed by atoms with van der Waals surface area (Å²) in [4.78, 5) is 13.3. The zero-order valence-electron chi connectivity index (χ0n) is 18.1. The van der Waals surface area contributed by atoms with E-state index in [1.807, 2.05) is 20.8 Å². The fraction of sp³-hybridized carbons (Fsp3) is 0.950. The summed E-state index contributed by atoms with van der Waals surface area (Å²) in [7, 11) is 1.69. The van der Waals surface area contributed by atoms with Gasteiger partial charge >= 0.3 is 6.09 Å². The predicted octanol–water partition coefficient (Wildman–Crippen LogP) is 3.50. The van der Waals surface area contributed by atoms with Crippen LogP contribution in [0.3, 0.4) is 0 Å². The van der Waals surface area contributed by atoms with Crippen LogP contribution in [0.25, 0.3) is 0 Å². The van der Waals surface area contributed by atoms with Crippen molar-refractivity contribution in [3.8, 4) is 0 Å². The molecule has 0 aromatic carbocycles. The van der Waals surface area contributed by atoms with E-state index in [-0.39, 0.29) is 6.09 Å². The summed E-state index contributed by atoms with van der Waals surface area (Å²) in [6.45, 7) is 12.8. The molecular weight excluding hydrogens is 350 g/mol. The number of rotatable bonds is 17. The van der Waals surface area contributed by atoms with Crippen LogP contribution < -0.4 is 0 Å². The highest BCUT2D eigenvalue weighted by atomic mass is 16.6. The quantitative estimate of drug-likeness (QED) is 0.354. The van der Waals surface area contributed by atoms with Crippen molar-refractivity contribution in [1.82, 2.24) is 4.90 Å². The van der Waals surface area contributed by atoms with Gasteiger partial charge in [-0.3, -0.25) is 0 Å². The highest BCUT2D eigenvalue weighted by molar-refractivity contribution is 5.67. The van der Waals surface area contributed by atoms with Gasteiger partial charge in [0, 0.05) is 20.2 Å². The summed E-state index contributed by atoms with van der Waals surface area (Å²) in [5.41, 5.74) is -0.483. The molecule has 0 saturated carbocycles. The Labute approximate surface area is 165 Å². The van der Waals surface area contributed by atoms with Crippen molar-refractivity contribution in [2.75, 3.05) is 66.4 Å². The molecule has 0 aliphatic rings. The molecule has 0 aromatic heterocycles. The van der Waals surface area contributed by atoms with Crippen LogP contribution in [0.5, 0.6) is 0 Å². The van der Waals surface area contributed by atoms with Crippen LogP contribution in [0.1, 0.15) is 53.4 Å². The SMILES string of the molecule is CCCCCCOCCOCCOCCOCCN(C)C(=O)OC(C)(C)C. The molecule has 0 fully saturated rings. The number of likely N-dealkylation sites (N-methyl/N-ethyl adjacent to an activating group) is 1. The topological polar surface area (TPSA) is 66.5 Å². The van der Waals surface area contributed by atoms with Crippen molar-refractivity contribution in [3.05, 3.63) is 0 Å². The minimum Gasteiger partial charge on any atom is -0.444 e. The standard InChI is InChI=1S/C20H41NO6/c1-6-7-8-9-11-23-13-15-25-17-18-26-16-14-24-12-10-21(5)19(22)27-20(2,3)4/h6-18H2,1-5H3. The van der Waals surface area contributed by atoms with Gasteiger partial charge in [0.15, 0.2) is 0 Å². The minimum absolute atomic E-state index is 0.343. The number of hydrogen-bond donors (Lipinski definition) is 0. The highest BCUT2D eigenvalue weighted by Crippen LogP contribution is 2.08. The van der Waals surface area contributed by atoms with Crippen molar-refractivity contribution in [2.45, 2.75) is 59.0 Å². The van der Waals surface area contributed by atoms with Crippen LogP contribution in [0.4, 0.5) is 4.79 Å². The molecule has 0 aliphatic heterocycles. The van der Waals surface area contributed by atoms with Gasteiger partial charge in [0.2, 0.25) is 0 Å². The summed E-state index contributed by atoms with van der Waals surface area (Å²) >= 11 is 0. The third-order valence-electron chi connectivity index (χ3n) is 3.53. The van der Waals surface area contributed by atoms with E-state index < -0.39 is 5.60 Å². The molecule has 0 N–H and O–H groups in total. The van der Waals surface area contributed by atoms with Crippen LogP contribution in [0, 0.1) is 0 Å². The second-order valence-corrected chi connectivity index (χ2v) is 7.41. The largest absolute Gasteiger partial charge is 0.444 e. The maximum Gasteiger partial charge on any atom is 0.410 e. The zero-order valence-corrected chi connectivity index (χ0v) is 18.1. The molecular formula is C20H41NO6. The molecule has 162 valence electrons. The number of unbranched alkanes of at least 4 members (excludes halogenated alkanes) is 3. The van der Waals surface area contributed by atoms with Crippen molar-refractivity contribution in [2.24, 2.45) is 0 Å². The number of nitrogens with zero attached hydrogens (tertiary/aromatic N) is 1. The first-order valence-corrected chi connectivity index (χ1v) is 10.1. The van der Waals surface area contributed by atoms with Crippen molar-refractivity contribution in [3.63, 3.8) is 0 Å². The van der Waals surface area contributed by atoms with Crippen LogP contribution in [-0.4, -0.2) is 83.0 Å². The molecule has 0 rings (SSSR count). The first kappa shape index (κ1) is 26.1. The van der Waals surface area contributed by atoms with Gasteiger partial charge in [-0.25, -0.2) is 4.79 Å². The molecule has 0 atom stereocenters. The monoisotopic (exact) mass is 391 g/mol. The van der Waals surface area contributed by atoms with Crippen LogP contribution in [0.2, 0.25) is 0 Å². The van der Waals surface area contributed by atoms with E-state index in [4.69, 9.17) is 23.7 Å². The molecule has 0 saturated heterocycles. The van der Waals surface area contributed by atoms with Crippen molar-refractivity contribution >= 4 is 6.09 Å². The summed E-state index contributed by atoms with van der Waals surface area (Å²) in [5.74, 6) is 0. The normalized spacial score (nSPS) is 11.6. The molecule has 0 aliphatic carbocycles. The van der Waals surface area contributed by atoms with Crippen LogP contribution >= 0.6 is 0 Å². The van der Waals surface area contributed by atoms with E-state index >= 15 is 0 Å². The van der Waals surface area contributed by atoms with Crippen molar-refractivity contribution < 1.29 is 28.5 Å². The van der Waals surface area contributed by atoms with Gasteiger partial charge in [0.05, 0.1) is 46.2 Å². The average molecular weight is 392 g/mol. The average Bonchev–Trinajstić information content (AvgIpc) is 2.59. The Balaban J connectivity index is 3.26. The maximum absolute atomic E-state index is 11.8. The lowest BCUT2D eigenvalue weighted by atomic mass is 10.2. The second kappa shape index (κ2) is 17.2. The molecule has 0 unspecified atom stereocenters. The molecule has 7 heteroatoms. The predicted molar refractivity (Wildman–Crippen MR) is 106 cm³/mol. The molecule has 7 nitrogen and oxygen atoms in total. The number of carbonyl (C=O) groups excluding carboxylic acids is 1. The third-order valence-corrected chi connectivity index (χ3v) is 3.53. The Kier molecular flexibility index (Phi) is 16.7. The second-order valence-electron chi connectivity index (χ2n) is 7.41. The van der Waals surface area contributed by atoms with E-state index in [9.17, 15) is 4.79 Å². The highest BCUT2D eigenvalue weighted by Gasteiger charge is 2.19. The van der Waals surface area contributed by atoms with Gasteiger partial charge in [-0.15, -0.1) is 0 Å². The van der Waals surface area contributed by atoms with E-state index in [0.717, 1.165) is 13.0 Å². The van der Waals surface area contributed by atoms with Gasteiger partial charge in [-0.05, 0) is 27.2 Å². The number of carbonyl (C=O) groups is 1. The molecule has 1 amide bonds. The fourth-order valence-electron chi connectivity index (χ4n) is 2.03. The summed E-state index contributed by atoms with van der Waals surface area (Å²) in [6.07, 6.45) is 4.55. The molecule has 27 heavy (non-hydrogen) atoms. The molecule has 0 radical (unpaired) electrons. The maximum atomic E-state index is 11.8. The lowest BCUT2D eigenvalue weighted by molar-refractivity contribution is -0.00593. The number of ether oxygens (including phenoxy) is 5. The molecule has 0 aromatic rings. The van der Waals surface area contributed by atoms with Crippen LogP contribution in [-0.2, 0) is 23.7 Å². The van der Waals surface area contributed by atoms with Gasteiger partial charge in [0.1, 0.15) is 5.60 Å². The van der Waals surface area contributed by atoms with Gasteiger partial charge in [-0.1, -0.05) is 26.2 Å². The summed E-state index contributed by atoms with van der Waals surface area (Å²) < 4.78 is 27.1. The Morgan fingerprint density at radius 2 is 1.22 bits per heavy atom. The number of hydrogen-bond acceptors (Lipinski definition) is 6. The Morgan fingerprint density at radius 3 is 1.70 bits per heavy atom. The van der Waals surface area contributed by atoms with Crippen LogP contribution in [0.15, 0.2) is 0 Å².